The summed E-state index contributed by atoms with van der Waals surface area (Å²) in [4.78, 5) is 17.3. The van der Waals surface area contributed by atoms with Gasteiger partial charge in [0.2, 0.25) is 11.9 Å². The Bertz CT molecular complexity index is 398. The first-order valence-electron chi connectivity index (χ1n) is 7.07. The maximum atomic E-state index is 5.39. The maximum Gasteiger partial charge on any atom is 0.323 e. The lowest BCUT2D eigenvalue weighted by atomic mass is 10.3. The van der Waals surface area contributed by atoms with E-state index >= 15 is 0 Å². The van der Waals surface area contributed by atoms with Crippen LogP contribution in [0.3, 0.4) is 0 Å². The first-order chi connectivity index (χ1) is 9.60. The standard InChI is InChI=1S/C13H26N6O/c1-6-19(10-8-9-18(4)5)12-15-11(14-3)16-13(17-12)20-7-2/h6-10H2,1-5H3,(H,14,15,16,17). The summed E-state index contributed by atoms with van der Waals surface area (Å²) in [5.41, 5.74) is 0. The van der Waals surface area contributed by atoms with Crippen LogP contribution in [0.15, 0.2) is 0 Å². The van der Waals surface area contributed by atoms with Crippen molar-refractivity contribution in [2.45, 2.75) is 20.3 Å². The van der Waals surface area contributed by atoms with Crippen LogP contribution in [0.1, 0.15) is 20.3 Å². The molecule has 20 heavy (non-hydrogen) atoms. The van der Waals surface area contributed by atoms with Crippen molar-refractivity contribution in [3.05, 3.63) is 0 Å². The number of anilines is 2. The Morgan fingerprint density at radius 2 is 1.85 bits per heavy atom. The number of nitrogens with one attached hydrogen (secondary N) is 1. The second-order valence-corrected chi connectivity index (χ2v) is 4.66. The van der Waals surface area contributed by atoms with E-state index < -0.39 is 0 Å². The molecule has 0 radical (unpaired) electrons. The van der Waals surface area contributed by atoms with Crippen LogP contribution in [0.25, 0.3) is 0 Å². The first kappa shape index (κ1) is 16.4. The lowest BCUT2D eigenvalue weighted by Gasteiger charge is -2.22. The summed E-state index contributed by atoms with van der Waals surface area (Å²) in [6.45, 7) is 7.35. The third-order valence-electron chi connectivity index (χ3n) is 2.80. The average Bonchev–Trinajstić information content (AvgIpc) is 2.43. The van der Waals surface area contributed by atoms with Gasteiger partial charge in [-0.25, -0.2) is 0 Å². The first-order valence-corrected chi connectivity index (χ1v) is 7.07. The van der Waals surface area contributed by atoms with E-state index in [4.69, 9.17) is 4.74 Å². The fraction of sp³-hybridized carbons (Fsp3) is 0.769. The van der Waals surface area contributed by atoms with Crippen LogP contribution < -0.4 is 15.0 Å². The molecule has 0 aliphatic rings. The van der Waals surface area contributed by atoms with Gasteiger partial charge in [-0.1, -0.05) is 0 Å². The molecular formula is C13H26N6O. The van der Waals surface area contributed by atoms with Crippen LogP contribution in [0.5, 0.6) is 6.01 Å². The number of ether oxygens (including phenoxy) is 1. The summed E-state index contributed by atoms with van der Waals surface area (Å²) in [7, 11) is 5.94. The van der Waals surface area contributed by atoms with Gasteiger partial charge in [-0.05, 0) is 40.9 Å². The predicted octanol–water partition coefficient (Wildman–Crippen LogP) is 1.09. The van der Waals surface area contributed by atoms with Gasteiger partial charge in [-0.3, -0.25) is 0 Å². The predicted molar refractivity (Wildman–Crippen MR) is 81.6 cm³/mol. The van der Waals surface area contributed by atoms with Gasteiger partial charge in [0.25, 0.3) is 0 Å². The van der Waals surface area contributed by atoms with E-state index in [2.05, 4.69) is 51.1 Å². The summed E-state index contributed by atoms with van der Waals surface area (Å²) in [5, 5.41) is 2.94. The molecule has 0 aromatic carbocycles. The lowest BCUT2D eigenvalue weighted by molar-refractivity contribution is 0.312. The Balaban J connectivity index is 2.81. The maximum absolute atomic E-state index is 5.39. The van der Waals surface area contributed by atoms with Crippen LogP contribution in [-0.2, 0) is 0 Å². The summed E-state index contributed by atoms with van der Waals surface area (Å²) in [5.74, 6) is 1.19. The monoisotopic (exact) mass is 282 g/mol. The van der Waals surface area contributed by atoms with Crippen molar-refractivity contribution in [2.75, 3.05) is 57.6 Å². The zero-order valence-electron chi connectivity index (χ0n) is 13.2. The van der Waals surface area contributed by atoms with Crippen LogP contribution in [-0.4, -0.2) is 67.2 Å². The van der Waals surface area contributed by atoms with E-state index in [1.165, 1.54) is 0 Å². The van der Waals surface area contributed by atoms with Gasteiger partial charge in [0.15, 0.2) is 0 Å². The van der Waals surface area contributed by atoms with E-state index in [0.717, 1.165) is 26.1 Å². The second-order valence-electron chi connectivity index (χ2n) is 4.66. The van der Waals surface area contributed by atoms with E-state index in [0.29, 0.717) is 24.5 Å². The van der Waals surface area contributed by atoms with Crippen LogP contribution in [0.2, 0.25) is 0 Å². The molecule has 1 N–H and O–H groups in total. The van der Waals surface area contributed by atoms with Gasteiger partial charge in [-0.15, -0.1) is 0 Å². The van der Waals surface area contributed by atoms with Gasteiger partial charge in [0, 0.05) is 20.1 Å². The third-order valence-corrected chi connectivity index (χ3v) is 2.80. The molecule has 114 valence electrons. The molecule has 7 heteroatoms. The van der Waals surface area contributed by atoms with Crippen molar-refractivity contribution in [1.29, 1.82) is 0 Å². The second kappa shape index (κ2) is 8.52. The summed E-state index contributed by atoms with van der Waals surface area (Å²) < 4.78 is 5.39. The summed E-state index contributed by atoms with van der Waals surface area (Å²) in [6.07, 6.45) is 1.06. The van der Waals surface area contributed by atoms with Gasteiger partial charge >= 0.3 is 6.01 Å². The number of rotatable bonds is 9. The molecule has 1 heterocycles. The molecule has 0 amide bonds. The van der Waals surface area contributed by atoms with Crippen LogP contribution >= 0.6 is 0 Å². The lowest BCUT2D eigenvalue weighted by Crippen LogP contribution is -2.29. The molecule has 0 saturated heterocycles. The molecule has 1 aromatic rings. The minimum atomic E-state index is 0.368. The highest BCUT2D eigenvalue weighted by molar-refractivity contribution is 5.37. The van der Waals surface area contributed by atoms with Crippen molar-refractivity contribution in [3.8, 4) is 6.01 Å². The summed E-state index contributed by atoms with van der Waals surface area (Å²) in [6, 6.07) is 0.368. The van der Waals surface area contributed by atoms with Gasteiger partial charge in [0.1, 0.15) is 0 Å². The molecule has 0 aliphatic carbocycles. The Morgan fingerprint density at radius 1 is 1.10 bits per heavy atom. The molecule has 0 atom stereocenters. The van der Waals surface area contributed by atoms with E-state index in [-0.39, 0.29) is 0 Å². The molecule has 7 nitrogen and oxygen atoms in total. The van der Waals surface area contributed by atoms with Crippen molar-refractivity contribution in [1.82, 2.24) is 19.9 Å². The minimum Gasteiger partial charge on any atom is -0.464 e. The highest BCUT2D eigenvalue weighted by atomic mass is 16.5. The SMILES string of the molecule is CCOc1nc(NC)nc(N(CC)CCCN(C)C)n1. The van der Waals surface area contributed by atoms with Crippen molar-refractivity contribution >= 4 is 11.9 Å². The van der Waals surface area contributed by atoms with Gasteiger partial charge < -0.3 is 19.9 Å². The molecule has 0 aliphatic heterocycles. The molecular weight excluding hydrogens is 256 g/mol. The minimum absolute atomic E-state index is 0.368. The Kier molecular flexibility index (Phi) is 7.00. The normalized spacial score (nSPS) is 10.7. The van der Waals surface area contributed by atoms with Gasteiger partial charge in [-0.2, -0.15) is 15.0 Å². The highest BCUT2D eigenvalue weighted by Gasteiger charge is 2.12. The smallest absolute Gasteiger partial charge is 0.323 e. The molecule has 0 bridgehead atoms. The molecule has 0 fully saturated rings. The molecule has 1 aromatic heterocycles. The van der Waals surface area contributed by atoms with Crippen LogP contribution in [0.4, 0.5) is 11.9 Å². The van der Waals surface area contributed by atoms with Crippen molar-refractivity contribution < 1.29 is 4.74 Å². The molecule has 0 unspecified atom stereocenters. The number of hydrogen-bond acceptors (Lipinski definition) is 7. The zero-order chi connectivity index (χ0) is 15.0. The fourth-order valence-electron chi connectivity index (χ4n) is 1.77. The van der Waals surface area contributed by atoms with Crippen molar-refractivity contribution in [3.63, 3.8) is 0 Å². The molecule has 1 rings (SSSR count). The largest absolute Gasteiger partial charge is 0.464 e. The van der Waals surface area contributed by atoms with Gasteiger partial charge in [0.05, 0.1) is 6.61 Å². The Labute approximate surface area is 121 Å². The van der Waals surface area contributed by atoms with E-state index in [1.54, 1.807) is 7.05 Å². The quantitative estimate of drug-likeness (QED) is 0.727. The van der Waals surface area contributed by atoms with Crippen molar-refractivity contribution in [2.24, 2.45) is 0 Å². The Morgan fingerprint density at radius 3 is 2.40 bits per heavy atom. The summed E-state index contributed by atoms with van der Waals surface area (Å²) >= 11 is 0. The van der Waals surface area contributed by atoms with Crippen LogP contribution in [0, 0.1) is 0 Å². The third kappa shape index (κ3) is 5.16. The fourth-order valence-corrected chi connectivity index (χ4v) is 1.77. The number of aromatic nitrogens is 3. The molecule has 0 saturated carbocycles. The number of nitrogens with zero attached hydrogens (tertiary/aromatic N) is 5. The average molecular weight is 282 g/mol. The van der Waals surface area contributed by atoms with E-state index in [9.17, 15) is 0 Å². The van der Waals surface area contributed by atoms with E-state index in [1.807, 2.05) is 6.92 Å². The highest BCUT2D eigenvalue weighted by Crippen LogP contribution is 2.15. The topological polar surface area (TPSA) is 66.4 Å². The number of hydrogen-bond donors (Lipinski definition) is 1. The Hall–Kier alpha value is -1.63. The zero-order valence-corrected chi connectivity index (χ0v) is 13.2. The molecule has 0 spiro atoms.